The monoisotopic (exact) mass is 617 g/mol. The molecule has 0 bridgehead atoms. The van der Waals surface area contributed by atoms with Gasteiger partial charge in [-0.2, -0.15) is 0 Å². The summed E-state index contributed by atoms with van der Waals surface area (Å²) in [7, 11) is -2.64. The topological polar surface area (TPSA) is 86.8 Å². The third-order valence-corrected chi connectivity index (χ3v) is 9.50. The first-order valence-corrected chi connectivity index (χ1v) is 15.8. The summed E-state index contributed by atoms with van der Waals surface area (Å²) >= 11 is 6.27. The molecule has 9 heteroatoms. The number of amides is 2. The highest BCUT2D eigenvalue weighted by molar-refractivity contribution is 7.92. The maximum Gasteiger partial charge on any atom is 0.264 e. The van der Waals surface area contributed by atoms with Gasteiger partial charge in [0.2, 0.25) is 11.8 Å². The van der Waals surface area contributed by atoms with Gasteiger partial charge in [-0.15, -0.1) is 0 Å². The Morgan fingerprint density at radius 3 is 2.14 bits per heavy atom. The van der Waals surface area contributed by atoms with Gasteiger partial charge in [0.1, 0.15) is 12.6 Å². The van der Waals surface area contributed by atoms with Crippen LogP contribution in [-0.4, -0.2) is 44.8 Å². The van der Waals surface area contributed by atoms with E-state index in [9.17, 15) is 18.0 Å². The molecule has 0 aliphatic heterocycles. The lowest BCUT2D eigenvalue weighted by molar-refractivity contribution is -0.139. The molecule has 7 nitrogen and oxygen atoms in total. The van der Waals surface area contributed by atoms with E-state index in [1.54, 1.807) is 54.6 Å². The molecule has 0 fully saturated rings. The number of rotatable bonds is 11. The van der Waals surface area contributed by atoms with E-state index in [0.29, 0.717) is 16.3 Å². The molecule has 0 saturated heterocycles. The third kappa shape index (κ3) is 7.63. The van der Waals surface area contributed by atoms with Crippen LogP contribution in [0.2, 0.25) is 5.02 Å². The van der Waals surface area contributed by atoms with Crippen molar-refractivity contribution in [3.63, 3.8) is 0 Å². The zero-order valence-corrected chi connectivity index (χ0v) is 26.3. The highest BCUT2D eigenvalue weighted by Crippen LogP contribution is 2.29. The molecule has 0 aliphatic rings. The van der Waals surface area contributed by atoms with Crippen LogP contribution in [0.25, 0.3) is 0 Å². The van der Waals surface area contributed by atoms with Gasteiger partial charge in [0.25, 0.3) is 10.0 Å². The minimum Gasteiger partial charge on any atom is -0.357 e. The summed E-state index contributed by atoms with van der Waals surface area (Å²) in [6.07, 6.45) is 0.237. The summed E-state index contributed by atoms with van der Waals surface area (Å²) in [5.74, 6) is -0.889. The first-order valence-electron chi connectivity index (χ1n) is 14.0. The fraction of sp³-hybridized carbons (Fsp3) is 0.235. The second-order valence-electron chi connectivity index (χ2n) is 10.5. The standard InChI is InChI=1S/C34H36ClN3O4S/c1-24-16-18-30(19-17-24)43(41,42)38(31-15-8-10-25(2)26(31)3)23-33(39)37(22-28-13-9-14-29(35)20-28)32(34(40)36-4)21-27-11-6-5-7-12-27/h5-20,32H,21-23H2,1-4H3,(H,36,40). The Morgan fingerprint density at radius 1 is 0.837 bits per heavy atom. The Bertz CT molecular complexity index is 1690. The Kier molecular flexibility index (Phi) is 10.3. The second-order valence-corrected chi connectivity index (χ2v) is 12.8. The number of hydrogen-bond acceptors (Lipinski definition) is 4. The predicted octanol–water partition coefficient (Wildman–Crippen LogP) is 5.85. The number of likely N-dealkylation sites (N-methyl/N-ethyl adjacent to an activating group) is 1. The van der Waals surface area contributed by atoms with E-state index in [0.717, 1.165) is 26.6 Å². The van der Waals surface area contributed by atoms with E-state index < -0.39 is 28.5 Å². The predicted molar refractivity (Wildman–Crippen MR) is 172 cm³/mol. The van der Waals surface area contributed by atoms with Crippen molar-refractivity contribution in [3.8, 4) is 0 Å². The second kappa shape index (κ2) is 13.9. The fourth-order valence-electron chi connectivity index (χ4n) is 4.91. The molecule has 1 N–H and O–H groups in total. The lowest BCUT2D eigenvalue weighted by Gasteiger charge is -2.34. The molecule has 0 heterocycles. The van der Waals surface area contributed by atoms with Crippen LogP contribution in [0.15, 0.2) is 102 Å². The number of aryl methyl sites for hydroxylation is 2. The summed E-state index contributed by atoms with van der Waals surface area (Å²) in [6.45, 7) is 5.14. The Hall–Kier alpha value is -4.14. The maximum absolute atomic E-state index is 14.4. The van der Waals surface area contributed by atoms with Crippen LogP contribution < -0.4 is 9.62 Å². The largest absolute Gasteiger partial charge is 0.357 e. The SMILES string of the molecule is CNC(=O)C(Cc1ccccc1)N(Cc1cccc(Cl)c1)C(=O)CN(c1cccc(C)c1C)S(=O)(=O)c1ccc(C)cc1. The number of carbonyl (C=O) groups excluding carboxylic acids is 2. The molecule has 2 amide bonds. The van der Waals surface area contributed by atoms with E-state index in [1.165, 1.54) is 11.9 Å². The summed E-state index contributed by atoms with van der Waals surface area (Å²) in [5, 5.41) is 3.18. The normalized spacial score (nSPS) is 11.9. The number of carbonyl (C=O) groups is 2. The summed E-state index contributed by atoms with van der Waals surface area (Å²) in [5.41, 5.74) is 4.50. The average Bonchev–Trinajstić information content (AvgIpc) is 2.99. The van der Waals surface area contributed by atoms with Crippen molar-refractivity contribution < 1.29 is 18.0 Å². The molecule has 1 unspecified atom stereocenters. The first-order chi connectivity index (χ1) is 20.5. The van der Waals surface area contributed by atoms with Crippen molar-refractivity contribution in [1.82, 2.24) is 10.2 Å². The molecule has 0 radical (unpaired) electrons. The number of sulfonamides is 1. The Balaban J connectivity index is 1.82. The van der Waals surface area contributed by atoms with Gasteiger partial charge in [0, 0.05) is 25.0 Å². The number of hydrogen-bond donors (Lipinski definition) is 1. The van der Waals surface area contributed by atoms with Crippen molar-refractivity contribution in [2.75, 3.05) is 17.9 Å². The number of halogens is 1. The molecule has 0 aliphatic carbocycles. The van der Waals surface area contributed by atoms with Crippen molar-refractivity contribution in [2.24, 2.45) is 0 Å². The van der Waals surface area contributed by atoms with Gasteiger partial charge in [-0.05, 0) is 73.4 Å². The van der Waals surface area contributed by atoms with Gasteiger partial charge in [0.05, 0.1) is 10.6 Å². The van der Waals surface area contributed by atoms with Crippen molar-refractivity contribution in [1.29, 1.82) is 0 Å². The molecule has 4 aromatic rings. The van der Waals surface area contributed by atoms with Gasteiger partial charge >= 0.3 is 0 Å². The molecule has 0 aromatic heterocycles. The van der Waals surface area contributed by atoms with Gasteiger partial charge in [-0.1, -0.05) is 83.9 Å². The van der Waals surface area contributed by atoms with Crippen LogP contribution in [0.1, 0.15) is 27.8 Å². The minimum absolute atomic E-state index is 0.0511. The molecule has 0 saturated carbocycles. The number of nitrogens with one attached hydrogen (secondary N) is 1. The molecule has 4 aromatic carbocycles. The lowest BCUT2D eigenvalue weighted by Crippen LogP contribution is -2.53. The Labute approximate surface area is 259 Å². The van der Waals surface area contributed by atoms with Crippen molar-refractivity contribution >= 4 is 39.1 Å². The van der Waals surface area contributed by atoms with Crippen LogP contribution in [0.5, 0.6) is 0 Å². The van der Waals surface area contributed by atoms with E-state index in [2.05, 4.69) is 5.32 Å². The fourth-order valence-corrected chi connectivity index (χ4v) is 6.59. The van der Waals surface area contributed by atoms with Crippen LogP contribution >= 0.6 is 11.6 Å². The molecular weight excluding hydrogens is 582 g/mol. The van der Waals surface area contributed by atoms with Crippen molar-refractivity contribution in [3.05, 3.63) is 130 Å². The smallest absolute Gasteiger partial charge is 0.264 e. The zero-order valence-electron chi connectivity index (χ0n) is 24.7. The lowest BCUT2D eigenvalue weighted by atomic mass is 10.0. The average molecular weight is 618 g/mol. The molecule has 0 spiro atoms. The Morgan fingerprint density at radius 2 is 1.49 bits per heavy atom. The molecule has 4 rings (SSSR count). The highest BCUT2D eigenvalue weighted by atomic mass is 35.5. The van der Waals surface area contributed by atoms with Crippen LogP contribution in [-0.2, 0) is 32.6 Å². The van der Waals surface area contributed by atoms with Gasteiger partial charge in [-0.3, -0.25) is 13.9 Å². The highest BCUT2D eigenvalue weighted by Gasteiger charge is 2.35. The van der Waals surface area contributed by atoms with Gasteiger partial charge < -0.3 is 10.2 Å². The van der Waals surface area contributed by atoms with E-state index in [1.807, 2.05) is 63.2 Å². The number of anilines is 1. The van der Waals surface area contributed by atoms with Crippen LogP contribution in [0.4, 0.5) is 5.69 Å². The molecule has 1 atom stereocenters. The first kappa shape index (κ1) is 31.8. The van der Waals surface area contributed by atoms with E-state index in [4.69, 9.17) is 11.6 Å². The number of nitrogens with zero attached hydrogens (tertiary/aromatic N) is 2. The minimum atomic E-state index is -4.16. The molecule has 224 valence electrons. The summed E-state index contributed by atoms with van der Waals surface area (Å²) < 4.78 is 29.5. The van der Waals surface area contributed by atoms with Gasteiger partial charge in [0.15, 0.2) is 0 Å². The van der Waals surface area contributed by atoms with E-state index >= 15 is 0 Å². The molecular formula is C34H36ClN3O4S. The maximum atomic E-state index is 14.4. The molecule has 43 heavy (non-hydrogen) atoms. The van der Waals surface area contributed by atoms with E-state index in [-0.39, 0.29) is 23.8 Å². The quantitative estimate of drug-likeness (QED) is 0.229. The summed E-state index contributed by atoms with van der Waals surface area (Å²) in [4.78, 5) is 29.3. The van der Waals surface area contributed by atoms with Gasteiger partial charge in [-0.25, -0.2) is 8.42 Å². The zero-order chi connectivity index (χ0) is 31.1. The van der Waals surface area contributed by atoms with Crippen LogP contribution in [0, 0.1) is 20.8 Å². The third-order valence-electron chi connectivity index (χ3n) is 7.49. The van der Waals surface area contributed by atoms with Crippen LogP contribution in [0.3, 0.4) is 0 Å². The summed E-state index contributed by atoms with van der Waals surface area (Å²) in [6, 6.07) is 27.4. The number of benzene rings is 4. The van der Waals surface area contributed by atoms with Crippen molar-refractivity contribution in [2.45, 2.75) is 44.7 Å².